The van der Waals surface area contributed by atoms with Crippen molar-refractivity contribution in [2.75, 3.05) is 10.6 Å². The Balaban J connectivity index is 1.33. The van der Waals surface area contributed by atoms with E-state index in [1.54, 1.807) is 24.3 Å². The molecule has 10 heteroatoms. The van der Waals surface area contributed by atoms with Gasteiger partial charge in [-0.2, -0.15) is 0 Å². The molecule has 8 nitrogen and oxygen atoms in total. The Morgan fingerprint density at radius 2 is 1.56 bits per heavy atom. The first-order valence-corrected chi connectivity index (χ1v) is 12.2. The third-order valence-electron chi connectivity index (χ3n) is 6.08. The molecule has 1 heterocycles. The van der Waals surface area contributed by atoms with Crippen molar-refractivity contribution in [3.63, 3.8) is 0 Å². The van der Waals surface area contributed by atoms with Crippen LogP contribution in [0.2, 0.25) is 0 Å². The van der Waals surface area contributed by atoms with E-state index in [1.165, 1.54) is 12.4 Å². The minimum atomic E-state index is -1.49. The van der Waals surface area contributed by atoms with Crippen LogP contribution in [0.15, 0.2) is 85.2 Å². The average molecular weight is 533 g/mol. The van der Waals surface area contributed by atoms with Gasteiger partial charge in [0.05, 0.1) is 11.6 Å². The molecule has 0 aliphatic heterocycles. The van der Waals surface area contributed by atoms with E-state index >= 15 is 0 Å². The molecule has 4 aromatic rings. The van der Waals surface area contributed by atoms with Crippen molar-refractivity contribution in [2.45, 2.75) is 25.6 Å². The highest BCUT2D eigenvalue weighted by atomic mass is 19.1. The van der Waals surface area contributed by atoms with Gasteiger partial charge in [-0.1, -0.05) is 54.6 Å². The Morgan fingerprint density at radius 1 is 0.872 bits per heavy atom. The smallest absolute Gasteiger partial charge is 0.306 e. The van der Waals surface area contributed by atoms with E-state index in [0.29, 0.717) is 24.0 Å². The number of aromatic nitrogens is 2. The minimum Gasteiger partial charge on any atom is -0.481 e. The lowest BCUT2D eigenvalue weighted by atomic mass is 9.92. The van der Waals surface area contributed by atoms with Crippen LogP contribution in [0.1, 0.15) is 28.8 Å². The van der Waals surface area contributed by atoms with Crippen molar-refractivity contribution in [3.05, 3.63) is 108 Å². The lowest BCUT2D eigenvalue weighted by Gasteiger charge is -2.16. The summed E-state index contributed by atoms with van der Waals surface area (Å²) in [6, 6.07) is 19.0. The van der Waals surface area contributed by atoms with Crippen LogP contribution in [-0.2, 0) is 11.2 Å². The Bertz CT molecular complexity index is 1420. The predicted octanol–water partition coefficient (Wildman–Crippen LogP) is 5.13. The normalized spacial score (nSPS) is 12.4. The number of anilines is 2. The van der Waals surface area contributed by atoms with Gasteiger partial charge in [-0.25, -0.2) is 18.7 Å². The van der Waals surface area contributed by atoms with Crippen LogP contribution < -0.4 is 10.6 Å². The van der Waals surface area contributed by atoms with Crippen LogP contribution in [0.5, 0.6) is 0 Å². The summed E-state index contributed by atoms with van der Waals surface area (Å²) >= 11 is 0. The third kappa shape index (κ3) is 7.65. The van der Waals surface area contributed by atoms with E-state index in [-0.39, 0.29) is 23.8 Å². The highest BCUT2D eigenvalue weighted by molar-refractivity contribution is 5.98. The van der Waals surface area contributed by atoms with E-state index in [0.717, 1.165) is 29.3 Å². The number of nitrogens with one attached hydrogen (secondary N) is 2. The first kappa shape index (κ1) is 27.3. The van der Waals surface area contributed by atoms with E-state index in [9.17, 15) is 28.6 Å². The van der Waals surface area contributed by atoms with Crippen LogP contribution >= 0.6 is 0 Å². The number of carboxylic acid groups (broad SMARTS) is 1. The van der Waals surface area contributed by atoms with Gasteiger partial charge in [0.1, 0.15) is 11.6 Å². The van der Waals surface area contributed by atoms with Gasteiger partial charge < -0.3 is 20.8 Å². The molecule has 200 valence electrons. The summed E-state index contributed by atoms with van der Waals surface area (Å²) in [6.07, 6.45) is 2.34. The number of rotatable bonds is 12. The van der Waals surface area contributed by atoms with Crippen molar-refractivity contribution < 1.29 is 28.6 Å². The van der Waals surface area contributed by atoms with Crippen LogP contribution in [0.3, 0.4) is 0 Å². The number of hydrogen-bond acceptors (Lipinski definition) is 7. The highest BCUT2D eigenvalue weighted by Crippen LogP contribution is 2.22. The summed E-state index contributed by atoms with van der Waals surface area (Å²) in [5.41, 5.74) is 2.55. The van der Waals surface area contributed by atoms with Crippen LogP contribution in [0.4, 0.5) is 20.4 Å². The van der Waals surface area contributed by atoms with Crippen molar-refractivity contribution >= 4 is 23.4 Å². The molecule has 39 heavy (non-hydrogen) atoms. The van der Waals surface area contributed by atoms with Gasteiger partial charge in [0, 0.05) is 36.0 Å². The SMILES string of the molecule is O=C(CC(CCc1ccccc1)C(=O)O)c1ccc(-c2cnc(NC(O)Nc3cc(F)ccc3F)nc2)cc1. The van der Waals surface area contributed by atoms with Crippen molar-refractivity contribution in [1.82, 2.24) is 9.97 Å². The lowest BCUT2D eigenvalue weighted by molar-refractivity contribution is -0.141. The lowest BCUT2D eigenvalue weighted by Crippen LogP contribution is -2.29. The number of aliphatic hydroxyl groups excluding tert-OH is 1. The van der Waals surface area contributed by atoms with E-state index in [4.69, 9.17) is 0 Å². The zero-order valence-corrected chi connectivity index (χ0v) is 20.7. The molecule has 4 N–H and O–H groups in total. The zero-order chi connectivity index (χ0) is 27.8. The third-order valence-corrected chi connectivity index (χ3v) is 6.08. The Morgan fingerprint density at radius 3 is 2.23 bits per heavy atom. The number of benzene rings is 3. The van der Waals surface area contributed by atoms with E-state index < -0.39 is 29.9 Å². The summed E-state index contributed by atoms with van der Waals surface area (Å²) in [5, 5.41) is 24.6. The molecule has 3 aromatic carbocycles. The fourth-order valence-corrected chi connectivity index (χ4v) is 3.95. The summed E-state index contributed by atoms with van der Waals surface area (Å²) in [5.74, 6) is -3.40. The van der Waals surface area contributed by atoms with Gasteiger partial charge >= 0.3 is 5.97 Å². The number of nitrogens with zero attached hydrogens (tertiary/aromatic N) is 2. The number of Topliss-reactive ketones (excluding diaryl/α,β-unsaturated/α-hetero) is 1. The topological polar surface area (TPSA) is 124 Å². The predicted molar refractivity (Wildman–Crippen MR) is 142 cm³/mol. The average Bonchev–Trinajstić information content (AvgIpc) is 2.94. The maximum atomic E-state index is 13.7. The quantitative estimate of drug-likeness (QED) is 0.146. The molecule has 0 radical (unpaired) electrons. The summed E-state index contributed by atoms with van der Waals surface area (Å²) in [4.78, 5) is 32.7. The molecule has 0 fully saturated rings. The second kappa shape index (κ2) is 12.7. The summed E-state index contributed by atoms with van der Waals surface area (Å²) in [7, 11) is 0. The van der Waals surface area contributed by atoms with Crippen LogP contribution in [0, 0.1) is 17.6 Å². The molecule has 0 bridgehead atoms. The second-order valence-electron chi connectivity index (χ2n) is 8.87. The van der Waals surface area contributed by atoms with E-state index in [1.807, 2.05) is 30.3 Å². The fourth-order valence-electron chi connectivity index (χ4n) is 3.95. The van der Waals surface area contributed by atoms with Gasteiger partial charge in [-0.3, -0.25) is 9.59 Å². The highest BCUT2D eigenvalue weighted by Gasteiger charge is 2.22. The van der Waals surface area contributed by atoms with Crippen molar-refractivity contribution in [1.29, 1.82) is 0 Å². The van der Waals surface area contributed by atoms with Crippen LogP contribution in [-0.4, -0.2) is 38.3 Å². The molecule has 0 amide bonds. The molecule has 2 atom stereocenters. The number of carboxylic acids is 1. The van der Waals surface area contributed by atoms with Gasteiger partial charge in [-0.15, -0.1) is 0 Å². The molecule has 0 spiro atoms. The molecule has 0 saturated heterocycles. The van der Waals surface area contributed by atoms with Crippen molar-refractivity contribution in [3.8, 4) is 11.1 Å². The van der Waals surface area contributed by atoms with Gasteiger partial charge in [-0.05, 0) is 36.1 Å². The van der Waals surface area contributed by atoms with Gasteiger partial charge in [0.25, 0.3) is 0 Å². The van der Waals surface area contributed by atoms with Crippen molar-refractivity contribution in [2.24, 2.45) is 5.92 Å². The molecule has 0 saturated carbocycles. The molecule has 1 aromatic heterocycles. The number of ketones is 1. The largest absolute Gasteiger partial charge is 0.481 e. The summed E-state index contributed by atoms with van der Waals surface area (Å²) in [6.45, 7) is 0. The first-order valence-electron chi connectivity index (χ1n) is 12.2. The molecule has 4 rings (SSSR count). The number of carbonyl (C=O) groups excluding carboxylic acids is 1. The number of aliphatic hydroxyl groups is 1. The maximum Gasteiger partial charge on any atom is 0.306 e. The Labute approximate surface area is 223 Å². The monoisotopic (exact) mass is 532 g/mol. The number of carbonyl (C=O) groups is 2. The number of aryl methyl sites for hydroxylation is 1. The Kier molecular flexibility index (Phi) is 8.90. The maximum absolute atomic E-state index is 13.7. The zero-order valence-electron chi connectivity index (χ0n) is 20.7. The first-order chi connectivity index (χ1) is 18.8. The van der Waals surface area contributed by atoms with Gasteiger partial charge in [0.2, 0.25) is 12.3 Å². The standard InChI is InChI=1S/C29H26F2N4O4/c30-23-12-13-24(31)25(15-23)34-29(39)35-28-32-16-22(17-33-28)19-8-10-20(11-9-19)26(36)14-21(27(37)38)7-6-18-4-2-1-3-5-18/h1-5,8-13,15-17,21,29,34,39H,6-7,14H2,(H,37,38)(H,32,33,35). The number of halogens is 2. The van der Waals surface area contributed by atoms with Gasteiger partial charge in [0.15, 0.2) is 5.78 Å². The second-order valence-corrected chi connectivity index (χ2v) is 8.87. The number of aliphatic carboxylic acids is 1. The molecular weight excluding hydrogens is 506 g/mol. The molecule has 0 aliphatic rings. The Hall–Kier alpha value is -4.70. The van der Waals surface area contributed by atoms with Crippen LogP contribution in [0.25, 0.3) is 11.1 Å². The molecule has 0 aliphatic carbocycles. The molecular formula is C29H26F2N4O4. The minimum absolute atomic E-state index is 0.0394. The summed E-state index contributed by atoms with van der Waals surface area (Å²) < 4.78 is 27.0. The molecule has 2 unspecified atom stereocenters. The number of hydrogen-bond donors (Lipinski definition) is 4. The fraction of sp³-hybridized carbons (Fsp3) is 0.172. The van der Waals surface area contributed by atoms with E-state index in [2.05, 4.69) is 20.6 Å².